The van der Waals surface area contributed by atoms with Gasteiger partial charge in [-0.1, -0.05) is 121 Å². The lowest BCUT2D eigenvalue weighted by atomic mass is 9.68. The third-order valence-corrected chi connectivity index (χ3v) is 13.6. The highest BCUT2D eigenvalue weighted by Crippen LogP contribution is 2.56. The predicted octanol–water partition coefficient (Wildman–Crippen LogP) is 12.1. The fraction of sp³-hybridized carbons (Fsp3) is 0.388. The fourth-order valence-corrected chi connectivity index (χ4v) is 11.4. The summed E-state index contributed by atoms with van der Waals surface area (Å²) < 4.78 is 0. The van der Waals surface area contributed by atoms with Crippen LogP contribution in [-0.2, 0) is 0 Å². The highest BCUT2D eigenvalue weighted by molar-refractivity contribution is 5.55. The zero-order valence-electron chi connectivity index (χ0n) is 29.5. The van der Waals surface area contributed by atoms with Crippen LogP contribution in [-0.4, -0.2) is 10.9 Å². The van der Waals surface area contributed by atoms with E-state index in [1.165, 1.54) is 81.2 Å². The summed E-state index contributed by atoms with van der Waals surface area (Å²) in [5.41, 5.74) is 16.1. The Labute approximate surface area is 300 Å². The summed E-state index contributed by atoms with van der Waals surface area (Å²) in [5, 5.41) is 0. The molecule has 6 unspecified atom stereocenters. The highest BCUT2D eigenvalue weighted by Gasteiger charge is 2.48. The van der Waals surface area contributed by atoms with Crippen molar-refractivity contribution in [3.8, 4) is 0 Å². The SMILES string of the molecule is C1=CCCC(C2=CC=CC(C3=CC(N4C5=C(C6C=CC=CC64)C4C6=C(C=CCC6)[C@@H](C6CC=CC7=C6C=CCC7)CCC4C=C5)=CCC3)C2)=C1. The molecule has 10 aliphatic rings. The van der Waals surface area contributed by atoms with Gasteiger partial charge in [-0.3, -0.25) is 0 Å². The monoisotopic (exact) mass is 653 g/mol. The van der Waals surface area contributed by atoms with Crippen molar-refractivity contribution in [2.75, 3.05) is 0 Å². The van der Waals surface area contributed by atoms with Crippen LogP contribution in [0.1, 0.15) is 77.0 Å². The average molecular weight is 654 g/mol. The maximum absolute atomic E-state index is 2.76. The van der Waals surface area contributed by atoms with Crippen LogP contribution >= 0.6 is 0 Å². The van der Waals surface area contributed by atoms with Gasteiger partial charge in [-0.15, -0.1) is 0 Å². The van der Waals surface area contributed by atoms with Gasteiger partial charge in [0.1, 0.15) is 0 Å². The van der Waals surface area contributed by atoms with E-state index in [-0.39, 0.29) is 0 Å². The van der Waals surface area contributed by atoms with Crippen molar-refractivity contribution < 1.29 is 0 Å². The summed E-state index contributed by atoms with van der Waals surface area (Å²) in [7, 11) is 0. The second-order valence-electron chi connectivity index (χ2n) is 16.2. The van der Waals surface area contributed by atoms with Crippen LogP contribution in [0.5, 0.6) is 0 Å². The Kier molecular flexibility index (Phi) is 7.92. The van der Waals surface area contributed by atoms with Gasteiger partial charge in [0, 0.05) is 29.1 Å². The minimum absolute atomic E-state index is 0.359. The van der Waals surface area contributed by atoms with Gasteiger partial charge in [0.15, 0.2) is 0 Å². The molecule has 0 aromatic carbocycles. The van der Waals surface area contributed by atoms with Crippen molar-refractivity contribution in [3.05, 3.63) is 177 Å². The molecule has 0 saturated heterocycles. The van der Waals surface area contributed by atoms with Gasteiger partial charge < -0.3 is 4.90 Å². The van der Waals surface area contributed by atoms with Gasteiger partial charge in [-0.05, 0) is 140 Å². The Balaban J connectivity index is 1.01. The normalized spacial score (nSPS) is 35.2. The number of hydrogen-bond donors (Lipinski definition) is 0. The first kappa shape index (κ1) is 30.7. The molecule has 0 aromatic heterocycles. The molecule has 50 heavy (non-hydrogen) atoms. The first-order valence-corrected chi connectivity index (χ1v) is 20.0. The fourth-order valence-electron chi connectivity index (χ4n) is 11.4. The van der Waals surface area contributed by atoms with Crippen LogP contribution < -0.4 is 0 Å². The minimum atomic E-state index is 0.359. The first-order chi connectivity index (χ1) is 24.8. The minimum Gasteiger partial charge on any atom is -0.334 e. The second kappa shape index (κ2) is 12.9. The molecule has 0 bridgehead atoms. The molecule has 10 rings (SSSR count). The molecule has 1 aliphatic heterocycles. The molecule has 7 atom stereocenters. The standard InChI is InChI=1S/C49H51N/c1-2-13-33(14-3-1)36-17-10-18-37(31-36)38-19-11-20-39(32-38)50-46-26-9-8-24-45(46)49-47(50)30-28-35-27-29-43(42-22-6-7-23-44(42)48(35)49)41-25-12-16-34-15-4-5-21-40(34)41/h1-2,5-6,8-10,12-13,16-18,20-22,24,26,28,30,32,35,37,41,43,45-46,48H,3-4,7,11,14-15,19,23,25,27,29,31H2/t35?,37?,41?,43-,45?,46?,48?/m1/s1. The van der Waals surface area contributed by atoms with Crippen molar-refractivity contribution >= 4 is 0 Å². The zero-order chi connectivity index (χ0) is 33.0. The molecule has 9 aliphatic carbocycles. The molecule has 0 saturated carbocycles. The summed E-state index contributed by atoms with van der Waals surface area (Å²) in [6.07, 6.45) is 63.5. The van der Waals surface area contributed by atoms with Crippen LogP contribution in [0.15, 0.2) is 177 Å². The van der Waals surface area contributed by atoms with Gasteiger partial charge >= 0.3 is 0 Å². The topological polar surface area (TPSA) is 3.24 Å². The number of fused-ring (bicyclic) bond motifs is 5. The molecular weight excluding hydrogens is 603 g/mol. The number of allylic oxidation sites excluding steroid dienone is 25. The van der Waals surface area contributed by atoms with Crippen LogP contribution in [0.4, 0.5) is 0 Å². The summed E-state index contributed by atoms with van der Waals surface area (Å²) >= 11 is 0. The molecule has 1 nitrogen and oxygen atoms in total. The van der Waals surface area contributed by atoms with Crippen molar-refractivity contribution in [2.45, 2.75) is 83.1 Å². The Bertz CT molecular complexity index is 1940. The lowest BCUT2D eigenvalue weighted by Crippen LogP contribution is -2.32. The van der Waals surface area contributed by atoms with E-state index in [1.807, 2.05) is 0 Å². The molecule has 0 spiro atoms. The number of rotatable bonds is 4. The maximum Gasteiger partial charge on any atom is 0.0626 e. The van der Waals surface area contributed by atoms with E-state index >= 15 is 0 Å². The van der Waals surface area contributed by atoms with E-state index in [9.17, 15) is 0 Å². The number of nitrogens with zero attached hydrogens (tertiary/aromatic N) is 1. The van der Waals surface area contributed by atoms with E-state index in [4.69, 9.17) is 0 Å². The van der Waals surface area contributed by atoms with Crippen LogP contribution in [0.3, 0.4) is 0 Å². The summed E-state index contributed by atoms with van der Waals surface area (Å²) in [6.45, 7) is 0. The van der Waals surface area contributed by atoms with Crippen molar-refractivity contribution in [3.63, 3.8) is 0 Å². The molecular formula is C49H51N. The van der Waals surface area contributed by atoms with Crippen LogP contribution in [0.2, 0.25) is 0 Å². The van der Waals surface area contributed by atoms with Crippen LogP contribution in [0.25, 0.3) is 0 Å². The Morgan fingerprint density at radius 3 is 2.46 bits per heavy atom. The first-order valence-electron chi connectivity index (χ1n) is 20.0. The quantitative estimate of drug-likeness (QED) is 0.292. The summed E-state index contributed by atoms with van der Waals surface area (Å²) in [4.78, 5) is 2.76. The number of hydrogen-bond acceptors (Lipinski definition) is 1. The molecule has 0 aromatic rings. The third kappa shape index (κ3) is 5.18. The third-order valence-electron chi connectivity index (χ3n) is 13.6. The van der Waals surface area contributed by atoms with Gasteiger partial charge in [0.05, 0.1) is 6.04 Å². The molecule has 1 heteroatoms. The lowest BCUT2D eigenvalue weighted by Gasteiger charge is -2.36. The second-order valence-corrected chi connectivity index (χ2v) is 16.2. The van der Waals surface area contributed by atoms with E-state index in [0.29, 0.717) is 41.5 Å². The van der Waals surface area contributed by atoms with E-state index < -0.39 is 0 Å². The van der Waals surface area contributed by atoms with Gasteiger partial charge in [0.25, 0.3) is 0 Å². The van der Waals surface area contributed by atoms with Gasteiger partial charge in [0.2, 0.25) is 0 Å². The predicted molar refractivity (Wildman–Crippen MR) is 209 cm³/mol. The molecule has 0 amide bonds. The van der Waals surface area contributed by atoms with E-state index in [0.717, 1.165) is 12.8 Å². The maximum atomic E-state index is 2.76. The van der Waals surface area contributed by atoms with Crippen molar-refractivity contribution in [1.29, 1.82) is 0 Å². The summed E-state index contributed by atoms with van der Waals surface area (Å²) in [6, 6.07) is 0.359. The van der Waals surface area contributed by atoms with Gasteiger partial charge in [-0.25, -0.2) is 0 Å². The summed E-state index contributed by atoms with van der Waals surface area (Å²) in [5.74, 6) is 3.28. The Morgan fingerprint density at radius 2 is 1.52 bits per heavy atom. The largest absolute Gasteiger partial charge is 0.334 e. The molecule has 252 valence electrons. The molecule has 1 heterocycles. The van der Waals surface area contributed by atoms with Crippen LogP contribution in [0, 0.1) is 35.5 Å². The van der Waals surface area contributed by atoms with Crippen molar-refractivity contribution in [1.82, 2.24) is 4.90 Å². The molecule has 0 N–H and O–H groups in total. The van der Waals surface area contributed by atoms with E-state index in [1.54, 1.807) is 39.0 Å². The smallest absolute Gasteiger partial charge is 0.0626 e. The highest BCUT2D eigenvalue weighted by atomic mass is 15.2. The van der Waals surface area contributed by atoms with Crippen molar-refractivity contribution in [2.24, 2.45) is 35.5 Å². The molecule has 0 fully saturated rings. The Hall–Kier alpha value is -4.10. The lowest BCUT2D eigenvalue weighted by molar-refractivity contribution is 0.369. The average Bonchev–Trinajstić information content (AvgIpc) is 3.43. The molecule has 0 radical (unpaired) electrons. The zero-order valence-corrected chi connectivity index (χ0v) is 29.5. The van der Waals surface area contributed by atoms with Gasteiger partial charge in [-0.2, -0.15) is 0 Å². The Morgan fingerprint density at radius 1 is 0.640 bits per heavy atom. The van der Waals surface area contributed by atoms with E-state index in [2.05, 4.69) is 126 Å².